The molecular formula is C13H20N2. The van der Waals surface area contributed by atoms with Crippen molar-refractivity contribution in [3.63, 3.8) is 0 Å². The summed E-state index contributed by atoms with van der Waals surface area (Å²) in [4.78, 5) is 0. The smallest absolute Gasteiger partial charge is 0.0314 e. The lowest BCUT2D eigenvalue weighted by Gasteiger charge is -2.22. The lowest BCUT2D eigenvalue weighted by molar-refractivity contribution is 0.372. The van der Waals surface area contributed by atoms with Gasteiger partial charge in [-0.15, -0.1) is 0 Å². The molecule has 15 heavy (non-hydrogen) atoms. The first-order valence-corrected chi connectivity index (χ1v) is 5.92. The molecule has 0 amide bonds. The van der Waals surface area contributed by atoms with Gasteiger partial charge in [0.2, 0.25) is 0 Å². The van der Waals surface area contributed by atoms with Gasteiger partial charge < -0.3 is 11.1 Å². The predicted octanol–water partition coefficient (Wildman–Crippen LogP) is 2.69. The minimum Gasteiger partial charge on any atom is -0.399 e. The summed E-state index contributed by atoms with van der Waals surface area (Å²) in [6.45, 7) is 0.977. The Bertz CT molecular complexity index is 286. The zero-order chi connectivity index (χ0) is 10.5. The first kappa shape index (κ1) is 10.5. The number of benzene rings is 1. The van der Waals surface area contributed by atoms with E-state index < -0.39 is 0 Å². The maximum Gasteiger partial charge on any atom is 0.0314 e. The molecule has 2 rings (SSSR count). The van der Waals surface area contributed by atoms with Crippen LogP contribution >= 0.6 is 0 Å². The van der Waals surface area contributed by atoms with Gasteiger partial charge in [0.25, 0.3) is 0 Å². The van der Waals surface area contributed by atoms with Crippen LogP contribution in [0.25, 0.3) is 0 Å². The second-order valence-electron chi connectivity index (χ2n) is 4.46. The molecule has 2 nitrogen and oxygen atoms in total. The van der Waals surface area contributed by atoms with Gasteiger partial charge in [-0.3, -0.25) is 0 Å². The minimum absolute atomic E-state index is 0.733. The highest BCUT2D eigenvalue weighted by atomic mass is 14.9. The molecule has 1 aliphatic carbocycles. The molecule has 0 heterocycles. The van der Waals surface area contributed by atoms with Gasteiger partial charge in [-0.1, -0.05) is 31.4 Å². The number of hydrogen-bond donors (Lipinski definition) is 2. The van der Waals surface area contributed by atoms with Crippen LogP contribution in [-0.2, 0) is 6.54 Å². The van der Waals surface area contributed by atoms with E-state index in [0.717, 1.165) is 18.3 Å². The Morgan fingerprint density at radius 3 is 2.40 bits per heavy atom. The zero-order valence-corrected chi connectivity index (χ0v) is 9.21. The van der Waals surface area contributed by atoms with Gasteiger partial charge >= 0.3 is 0 Å². The molecule has 82 valence electrons. The van der Waals surface area contributed by atoms with Crippen molar-refractivity contribution in [3.05, 3.63) is 29.8 Å². The van der Waals surface area contributed by atoms with E-state index in [0.29, 0.717) is 0 Å². The third-order valence-electron chi connectivity index (χ3n) is 3.18. The Balaban J connectivity index is 1.79. The quantitative estimate of drug-likeness (QED) is 0.743. The number of nitrogen functional groups attached to an aromatic ring is 1. The lowest BCUT2D eigenvalue weighted by atomic mass is 9.95. The topological polar surface area (TPSA) is 38.0 Å². The monoisotopic (exact) mass is 204 g/mol. The van der Waals surface area contributed by atoms with E-state index in [4.69, 9.17) is 5.73 Å². The summed E-state index contributed by atoms with van der Waals surface area (Å²) >= 11 is 0. The van der Waals surface area contributed by atoms with Crippen LogP contribution in [0.1, 0.15) is 37.7 Å². The molecule has 1 aliphatic rings. The van der Waals surface area contributed by atoms with Crippen LogP contribution in [0.15, 0.2) is 24.3 Å². The molecule has 1 aromatic carbocycles. The highest BCUT2D eigenvalue weighted by Gasteiger charge is 2.11. The van der Waals surface area contributed by atoms with Gasteiger partial charge in [-0.05, 0) is 30.5 Å². The molecule has 1 saturated carbocycles. The van der Waals surface area contributed by atoms with E-state index in [1.165, 1.54) is 37.7 Å². The molecular weight excluding hydrogens is 184 g/mol. The Morgan fingerprint density at radius 1 is 1.07 bits per heavy atom. The van der Waals surface area contributed by atoms with Crippen molar-refractivity contribution in [1.29, 1.82) is 0 Å². The van der Waals surface area contributed by atoms with Crippen molar-refractivity contribution >= 4 is 5.69 Å². The maximum absolute atomic E-state index is 5.65. The Labute approximate surface area is 91.9 Å². The molecule has 1 fully saturated rings. The molecule has 0 saturated heterocycles. The Hall–Kier alpha value is -1.02. The van der Waals surface area contributed by atoms with Crippen LogP contribution in [0.3, 0.4) is 0 Å². The molecule has 0 unspecified atom stereocenters. The summed E-state index contributed by atoms with van der Waals surface area (Å²) < 4.78 is 0. The standard InChI is InChI=1S/C13H20N2/c14-12-8-6-11(7-9-12)10-15-13-4-2-1-3-5-13/h6-9,13,15H,1-5,10,14H2. The van der Waals surface area contributed by atoms with Crippen LogP contribution < -0.4 is 11.1 Å². The third kappa shape index (κ3) is 3.24. The summed E-state index contributed by atoms with van der Waals surface area (Å²) in [5.74, 6) is 0. The average Bonchev–Trinajstić information content (AvgIpc) is 2.30. The highest BCUT2D eigenvalue weighted by Crippen LogP contribution is 2.17. The molecule has 0 aliphatic heterocycles. The lowest BCUT2D eigenvalue weighted by Crippen LogP contribution is -2.30. The van der Waals surface area contributed by atoms with Crippen LogP contribution in [0.2, 0.25) is 0 Å². The second kappa shape index (κ2) is 5.17. The maximum atomic E-state index is 5.65. The van der Waals surface area contributed by atoms with E-state index in [2.05, 4.69) is 17.4 Å². The van der Waals surface area contributed by atoms with Crippen molar-refractivity contribution in [1.82, 2.24) is 5.32 Å². The summed E-state index contributed by atoms with van der Waals surface area (Å²) in [7, 11) is 0. The fourth-order valence-electron chi connectivity index (χ4n) is 2.20. The molecule has 0 spiro atoms. The van der Waals surface area contributed by atoms with E-state index in [9.17, 15) is 0 Å². The minimum atomic E-state index is 0.733. The molecule has 0 atom stereocenters. The van der Waals surface area contributed by atoms with Crippen molar-refractivity contribution in [2.24, 2.45) is 0 Å². The molecule has 0 radical (unpaired) electrons. The predicted molar refractivity (Wildman–Crippen MR) is 64.6 cm³/mol. The Kier molecular flexibility index (Phi) is 3.62. The largest absolute Gasteiger partial charge is 0.399 e. The van der Waals surface area contributed by atoms with Gasteiger partial charge in [-0.2, -0.15) is 0 Å². The summed E-state index contributed by atoms with van der Waals surface area (Å²) in [5.41, 5.74) is 7.82. The summed E-state index contributed by atoms with van der Waals surface area (Å²) in [5, 5.41) is 3.62. The van der Waals surface area contributed by atoms with Crippen LogP contribution in [0.4, 0.5) is 5.69 Å². The normalized spacial score (nSPS) is 17.9. The Morgan fingerprint density at radius 2 is 1.73 bits per heavy atom. The van der Waals surface area contributed by atoms with Crippen LogP contribution in [0, 0.1) is 0 Å². The highest BCUT2D eigenvalue weighted by molar-refractivity contribution is 5.39. The van der Waals surface area contributed by atoms with E-state index >= 15 is 0 Å². The fraction of sp³-hybridized carbons (Fsp3) is 0.538. The molecule has 0 aromatic heterocycles. The zero-order valence-electron chi connectivity index (χ0n) is 9.21. The van der Waals surface area contributed by atoms with E-state index in [1.54, 1.807) is 0 Å². The fourth-order valence-corrected chi connectivity index (χ4v) is 2.20. The van der Waals surface area contributed by atoms with Crippen molar-refractivity contribution in [3.8, 4) is 0 Å². The second-order valence-corrected chi connectivity index (χ2v) is 4.46. The van der Waals surface area contributed by atoms with Crippen LogP contribution in [-0.4, -0.2) is 6.04 Å². The number of anilines is 1. The number of nitrogens with two attached hydrogens (primary N) is 1. The summed E-state index contributed by atoms with van der Waals surface area (Å²) in [6, 6.07) is 8.88. The van der Waals surface area contributed by atoms with Gasteiger partial charge in [0.1, 0.15) is 0 Å². The third-order valence-corrected chi connectivity index (χ3v) is 3.18. The van der Waals surface area contributed by atoms with Gasteiger partial charge in [0, 0.05) is 18.3 Å². The summed E-state index contributed by atoms with van der Waals surface area (Å²) in [6.07, 6.45) is 6.88. The van der Waals surface area contributed by atoms with Crippen LogP contribution in [0.5, 0.6) is 0 Å². The first-order chi connectivity index (χ1) is 7.34. The molecule has 0 bridgehead atoms. The molecule has 2 heteroatoms. The van der Waals surface area contributed by atoms with Gasteiger partial charge in [0.05, 0.1) is 0 Å². The number of hydrogen-bond acceptors (Lipinski definition) is 2. The van der Waals surface area contributed by atoms with E-state index in [-0.39, 0.29) is 0 Å². The molecule has 3 N–H and O–H groups in total. The molecule has 1 aromatic rings. The van der Waals surface area contributed by atoms with Gasteiger partial charge in [0.15, 0.2) is 0 Å². The van der Waals surface area contributed by atoms with Crippen molar-refractivity contribution < 1.29 is 0 Å². The van der Waals surface area contributed by atoms with Crippen molar-refractivity contribution in [2.75, 3.05) is 5.73 Å². The SMILES string of the molecule is Nc1ccc(CNC2CCCCC2)cc1. The average molecular weight is 204 g/mol. The number of rotatable bonds is 3. The first-order valence-electron chi connectivity index (χ1n) is 5.92. The van der Waals surface area contributed by atoms with Gasteiger partial charge in [-0.25, -0.2) is 0 Å². The van der Waals surface area contributed by atoms with E-state index in [1.807, 2.05) is 12.1 Å². The van der Waals surface area contributed by atoms with Crippen molar-refractivity contribution in [2.45, 2.75) is 44.7 Å². The number of nitrogens with one attached hydrogen (secondary N) is 1.